The van der Waals surface area contributed by atoms with Crippen LogP contribution >= 0.6 is 0 Å². The highest BCUT2D eigenvalue weighted by Crippen LogP contribution is 2.24. The fraction of sp³-hybridized carbons (Fsp3) is 0.389. The van der Waals surface area contributed by atoms with Gasteiger partial charge in [0.1, 0.15) is 5.75 Å². The molecule has 0 radical (unpaired) electrons. The average Bonchev–Trinajstić information content (AvgIpc) is 2.42. The molecule has 0 bridgehead atoms. The number of hydrogen-bond donors (Lipinski definition) is 1. The van der Waals surface area contributed by atoms with E-state index >= 15 is 0 Å². The first-order chi connectivity index (χ1) is 10.0. The Kier molecular flexibility index (Phi) is 5.34. The number of rotatable bonds is 6. The van der Waals surface area contributed by atoms with Crippen LogP contribution in [0.5, 0.6) is 11.6 Å². The van der Waals surface area contributed by atoms with E-state index in [1.54, 1.807) is 6.20 Å². The molecule has 2 aromatic rings. The third-order valence-corrected chi connectivity index (χ3v) is 3.23. The zero-order valence-corrected chi connectivity index (χ0v) is 13.3. The number of ether oxygens (including phenoxy) is 1. The molecule has 0 aliphatic rings. The quantitative estimate of drug-likeness (QED) is 0.861. The minimum absolute atomic E-state index is 0.644. The second kappa shape index (κ2) is 7.23. The molecule has 1 aromatic heterocycles. The second-order valence-electron chi connectivity index (χ2n) is 5.90. The summed E-state index contributed by atoms with van der Waals surface area (Å²) in [6.07, 6.45) is 1.80. The number of benzene rings is 1. The summed E-state index contributed by atoms with van der Waals surface area (Å²) in [5.41, 5.74) is 3.55. The van der Waals surface area contributed by atoms with Gasteiger partial charge in [0.15, 0.2) is 0 Å². The van der Waals surface area contributed by atoms with Crippen molar-refractivity contribution < 1.29 is 4.74 Å². The fourth-order valence-corrected chi connectivity index (χ4v) is 2.15. The van der Waals surface area contributed by atoms with Crippen molar-refractivity contribution in [1.82, 2.24) is 10.3 Å². The standard InChI is InChI=1S/C18H24N2O/c1-13(2)11-19-12-16-7-8-20-18(10-16)21-17-6-5-14(3)9-15(17)4/h5-10,13,19H,11-12H2,1-4H3. The topological polar surface area (TPSA) is 34.1 Å². The molecule has 0 atom stereocenters. The van der Waals surface area contributed by atoms with Crippen LogP contribution in [0, 0.1) is 19.8 Å². The van der Waals surface area contributed by atoms with Crippen LogP contribution in [-0.4, -0.2) is 11.5 Å². The number of aryl methyl sites for hydroxylation is 2. The molecule has 1 aromatic carbocycles. The Morgan fingerprint density at radius 3 is 2.67 bits per heavy atom. The number of nitrogens with zero attached hydrogens (tertiary/aromatic N) is 1. The van der Waals surface area contributed by atoms with Crippen LogP contribution in [0.2, 0.25) is 0 Å². The van der Waals surface area contributed by atoms with Gasteiger partial charge in [-0.15, -0.1) is 0 Å². The van der Waals surface area contributed by atoms with Crippen LogP contribution in [0.25, 0.3) is 0 Å². The van der Waals surface area contributed by atoms with Crippen molar-refractivity contribution in [3.05, 3.63) is 53.2 Å². The maximum Gasteiger partial charge on any atom is 0.219 e. The molecule has 1 N–H and O–H groups in total. The molecule has 3 heteroatoms. The lowest BCUT2D eigenvalue weighted by atomic mass is 10.1. The summed E-state index contributed by atoms with van der Waals surface area (Å²) in [6.45, 7) is 10.4. The van der Waals surface area contributed by atoms with Gasteiger partial charge in [0, 0.05) is 18.8 Å². The summed E-state index contributed by atoms with van der Waals surface area (Å²) in [4.78, 5) is 4.29. The summed E-state index contributed by atoms with van der Waals surface area (Å²) in [5.74, 6) is 2.16. The molecule has 0 saturated carbocycles. The Bertz CT molecular complexity index is 594. The number of aromatic nitrogens is 1. The normalized spacial score (nSPS) is 10.9. The van der Waals surface area contributed by atoms with Gasteiger partial charge < -0.3 is 10.1 Å². The van der Waals surface area contributed by atoms with Crippen LogP contribution in [-0.2, 0) is 6.54 Å². The molecule has 21 heavy (non-hydrogen) atoms. The summed E-state index contributed by atoms with van der Waals surface area (Å²) >= 11 is 0. The molecular weight excluding hydrogens is 260 g/mol. The largest absolute Gasteiger partial charge is 0.439 e. The summed E-state index contributed by atoms with van der Waals surface area (Å²) < 4.78 is 5.89. The smallest absolute Gasteiger partial charge is 0.219 e. The number of hydrogen-bond acceptors (Lipinski definition) is 3. The van der Waals surface area contributed by atoms with Gasteiger partial charge in [0.25, 0.3) is 0 Å². The van der Waals surface area contributed by atoms with Crippen molar-refractivity contribution in [3.63, 3.8) is 0 Å². The van der Waals surface area contributed by atoms with E-state index < -0.39 is 0 Å². The van der Waals surface area contributed by atoms with Gasteiger partial charge in [0.2, 0.25) is 5.88 Å². The van der Waals surface area contributed by atoms with Crippen molar-refractivity contribution in [3.8, 4) is 11.6 Å². The van der Waals surface area contributed by atoms with Gasteiger partial charge in [-0.1, -0.05) is 31.5 Å². The van der Waals surface area contributed by atoms with Crippen LogP contribution in [0.15, 0.2) is 36.5 Å². The van der Waals surface area contributed by atoms with Crippen LogP contribution in [0.3, 0.4) is 0 Å². The Balaban J connectivity index is 2.03. The van der Waals surface area contributed by atoms with Crippen molar-refractivity contribution in [1.29, 1.82) is 0 Å². The first-order valence-corrected chi connectivity index (χ1v) is 7.45. The lowest BCUT2D eigenvalue weighted by Crippen LogP contribution is -2.18. The highest BCUT2D eigenvalue weighted by Gasteiger charge is 2.04. The van der Waals surface area contributed by atoms with Gasteiger partial charge in [-0.3, -0.25) is 0 Å². The van der Waals surface area contributed by atoms with E-state index in [1.807, 2.05) is 18.2 Å². The minimum Gasteiger partial charge on any atom is -0.439 e. The average molecular weight is 284 g/mol. The van der Waals surface area contributed by atoms with E-state index in [9.17, 15) is 0 Å². The Morgan fingerprint density at radius 1 is 1.14 bits per heavy atom. The molecular formula is C18H24N2O. The van der Waals surface area contributed by atoms with Crippen molar-refractivity contribution in [2.75, 3.05) is 6.54 Å². The van der Waals surface area contributed by atoms with Gasteiger partial charge in [-0.25, -0.2) is 4.98 Å². The molecule has 3 nitrogen and oxygen atoms in total. The Hall–Kier alpha value is -1.87. The number of pyridine rings is 1. The molecule has 1 heterocycles. The molecule has 112 valence electrons. The summed E-state index contributed by atoms with van der Waals surface area (Å²) in [6, 6.07) is 10.2. The van der Waals surface area contributed by atoms with E-state index in [2.05, 4.69) is 50.1 Å². The predicted molar refractivity (Wildman–Crippen MR) is 86.8 cm³/mol. The predicted octanol–water partition coefficient (Wildman–Crippen LogP) is 4.24. The molecule has 2 rings (SSSR count). The van der Waals surface area contributed by atoms with E-state index in [1.165, 1.54) is 11.1 Å². The highest BCUT2D eigenvalue weighted by molar-refractivity contribution is 5.38. The molecule has 0 unspecified atom stereocenters. The van der Waals surface area contributed by atoms with Gasteiger partial charge in [0.05, 0.1) is 0 Å². The molecule has 0 aliphatic heterocycles. The zero-order valence-electron chi connectivity index (χ0n) is 13.3. The van der Waals surface area contributed by atoms with Gasteiger partial charge in [-0.2, -0.15) is 0 Å². The van der Waals surface area contributed by atoms with E-state index in [4.69, 9.17) is 4.74 Å². The SMILES string of the molecule is Cc1ccc(Oc2cc(CNCC(C)C)ccn2)c(C)c1. The molecule has 0 saturated heterocycles. The lowest BCUT2D eigenvalue weighted by molar-refractivity contribution is 0.457. The Labute approximate surface area is 127 Å². The molecule has 0 fully saturated rings. The van der Waals surface area contributed by atoms with E-state index in [-0.39, 0.29) is 0 Å². The van der Waals surface area contributed by atoms with E-state index in [0.717, 1.165) is 24.4 Å². The maximum atomic E-state index is 5.89. The van der Waals surface area contributed by atoms with Gasteiger partial charge >= 0.3 is 0 Å². The molecule has 0 amide bonds. The van der Waals surface area contributed by atoms with Crippen molar-refractivity contribution in [2.24, 2.45) is 5.92 Å². The summed E-state index contributed by atoms with van der Waals surface area (Å²) in [7, 11) is 0. The van der Waals surface area contributed by atoms with Crippen LogP contribution in [0.1, 0.15) is 30.5 Å². The minimum atomic E-state index is 0.644. The molecule has 0 aliphatic carbocycles. The first kappa shape index (κ1) is 15.5. The van der Waals surface area contributed by atoms with Crippen molar-refractivity contribution in [2.45, 2.75) is 34.2 Å². The third kappa shape index (κ3) is 4.87. The van der Waals surface area contributed by atoms with E-state index in [0.29, 0.717) is 11.8 Å². The third-order valence-electron chi connectivity index (χ3n) is 3.23. The maximum absolute atomic E-state index is 5.89. The second-order valence-corrected chi connectivity index (χ2v) is 5.90. The summed E-state index contributed by atoms with van der Waals surface area (Å²) in [5, 5.41) is 3.43. The fourth-order valence-electron chi connectivity index (χ4n) is 2.15. The van der Waals surface area contributed by atoms with Gasteiger partial charge in [-0.05, 0) is 49.6 Å². The van der Waals surface area contributed by atoms with Crippen LogP contribution in [0.4, 0.5) is 0 Å². The number of nitrogens with one attached hydrogen (secondary N) is 1. The monoisotopic (exact) mass is 284 g/mol. The highest BCUT2D eigenvalue weighted by atomic mass is 16.5. The van der Waals surface area contributed by atoms with Crippen molar-refractivity contribution >= 4 is 0 Å². The zero-order chi connectivity index (χ0) is 15.2. The lowest BCUT2D eigenvalue weighted by Gasteiger charge is -2.10. The first-order valence-electron chi connectivity index (χ1n) is 7.45. The van der Waals surface area contributed by atoms with Crippen LogP contribution < -0.4 is 10.1 Å². The Morgan fingerprint density at radius 2 is 1.95 bits per heavy atom. The molecule has 0 spiro atoms.